The van der Waals surface area contributed by atoms with Crippen LogP contribution in [0, 0.1) is 34.5 Å². The van der Waals surface area contributed by atoms with Gasteiger partial charge in [-0.2, -0.15) is 0 Å². The van der Waals surface area contributed by atoms with Crippen LogP contribution >= 0.6 is 0 Å². The van der Waals surface area contributed by atoms with Gasteiger partial charge in [-0.15, -0.1) is 0 Å². The topological polar surface area (TPSA) is 55.8 Å². The lowest BCUT2D eigenvalue weighted by Crippen LogP contribution is -2.61. The molecule has 4 saturated carbocycles. The Morgan fingerprint density at radius 3 is 2.15 bits per heavy atom. The van der Waals surface area contributed by atoms with E-state index in [1.165, 1.54) is 90.1 Å². The number of quaternary nitrogens is 1. The molecule has 10 atom stereocenters. The van der Waals surface area contributed by atoms with Crippen molar-refractivity contribution in [3.8, 4) is 0 Å². The molecule has 0 amide bonds. The standard InChI is InChI=1S/C34H57N2O4/c1-23(37)39-31-20-25-12-13-26-27(34(25,4)22-29(31)35-16-8-6-9-17-35)14-15-33(3)28(26)21-30(32(33)40-24(2)38)36(5)18-10-7-11-19-36/h25-32H,6-22H2,1-5H3/q+1/t25-,26-,27+,28+,29-,30+,31+,32+,33-,34-/m0/s1. The molecule has 0 aromatic rings. The third-order valence-electron chi connectivity index (χ3n) is 13.7. The van der Waals surface area contributed by atoms with Crippen LogP contribution in [0.1, 0.15) is 111 Å². The van der Waals surface area contributed by atoms with Crippen molar-refractivity contribution in [2.75, 3.05) is 33.2 Å². The first kappa shape index (κ1) is 29.0. The Morgan fingerprint density at radius 1 is 0.800 bits per heavy atom. The van der Waals surface area contributed by atoms with Crippen molar-refractivity contribution in [2.24, 2.45) is 34.5 Å². The SMILES string of the molecule is CC(=O)O[C@@H]1[C@H]([N+]2(C)CCCCC2)C[C@@H]2[C@H]3CC[C@H]4C[C@@H](OC(C)=O)[C@@H](N5CCCCC5)C[C@]4(C)[C@@H]3CC[C@@]21C. The molecule has 6 rings (SSSR count). The third kappa shape index (κ3) is 4.85. The summed E-state index contributed by atoms with van der Waals surface area (Å²) in [5, 5.41) is 0. The molecule has 6 aliphatic rings. The number of likely N-dealkylation sites (tertiary alicyclic amines) is 2. The van der Waals surface area contributed by atoms with E-state index in [-0.39, 0.29) is 29.6 Å². The lowest BCUT2D eigenvalue weighted by molar-refractivity contribution is -0.940. The molecular weight excluding hydrogens is 500 g/mol. The van der Waals surface area contributed by atoms with Crippen molar-refractivity contribution in [1.82, 2.24) is 4.90 Å². The minimum absolute atomic E-state index is 0.0466. The molecule has 0 bridgehead atoms. The fraction of sp³-hybridized carbons (Fsp3) is 0.941. The lowest BCUT2D eigenvalue weighted by atomic mass is 9.44. The van der Waals surface area contributed by atoms with Crippen LogP contribution in [0.5, 0.6) is 0 Å². The maximum absolute atomic E-state index is 12.5. The van der Waals surface area contributed by atoms with Crippen molar-refractivity contribution >= 4 is 11.9 Å². The molecule has 0 spiro atoms. The van der Waals surface area contributed by atoms with Gasteiger partial charge in [-0.1, -0.05) is 20.3 Å². The van der Waals surface area contributed by atoms with Gasteiger partial charge in [-0.25, -0.2) is 0 Å². The Morgan fingerprint density at radius 2 is 1.48 bits per heavy atom. The highest BCUT2D eigenvalue weighted by Crippen LogP contribution is 2.67. The Balaban J connectivity index is 1.29. The van der Waals surface area contributed by atoms with Crippen molar-refractivity contribution in [3.05, 3.63) is 0 Å². The number of hydrogen-bond acceptors (Lipinski definition) is 5. The van der Waals surface area contributed by atoms with E-state index in [1.54, 1.807) is 13.8 Å². The number of nitrogens with zero attached hydrogens (tertiary/aromatic N) is 2. The van der Waals surface area contributed by atoms with E-state index in [2.05, 4.69) is 25.8 Å². The molecule has 6 nitrogen and oxygen atoms in total. The first-order valence-electron chi connectivity index (χ1n) is 17.0. The second-order valence-electron chi connectivity index (χ2n) is 15.8. The van der Waals surface area contributed by atoms with E-state index < -0.39 is 0 Å². The summed E-state index contributed by atoms with van der Waals surface area (Å²) >= 11 is 0. The number of fused-ring (bicyclic) bond motifs is 5. The normalized spacial score (nSPS) is 46.9. The van der Waals surface area contributed by atoms with Gasteiger partial charge < -0.3 is 14.0 Å². The van der Waals surface area contributed by atoms with Gasteiger partial charge >= 0.3 is 11.9 Å². The van der Waals surface area contributed by atoms with Crippen LogP contribution in [0.25, 0.3) is 0 Å². The van der Waals surface area contributed by atoms with Crippen LogP contribution in [0.15, 0.2) is 0 Å². The van der Waals surface area contributed by atoms with E-state index in [4.69, 9.17) is 9.47 Å². The van der Waals surface area contributed by atoms with Gasteiger partial charge in [0.05, 0.1) is 20.1 Å². The summed E-state index contributed by atoms with van der Waals surface area (Å²) in [4.78, 5) is 27.4. The molecule has 40 heavy (non-hydrogen) atoms. The van der Waals surface area contributed by atoms with Gasteiger partial charge in [-0.3, -0.25) is 14.5 Å². The number of carbonyl (C=O) groups excluding carboxylic acids is 2. The van der Waals surface area contributed by atoms with Gasteiger partial charge in [0.15, 0.2) is 6.10 Å². The van der Waals surface area contributed by atoms with Crippen LogP contribution in [0.2, 0.25) is 0 Å². The predicted octanol–water partition coefficient (Wildman–Crippen LogP) is 5.97. The van der Waals surface area contributed by atoms with E-state index in [0.717, 1.165) is 29.9 Å². The number of likely N-dealkylation sites (N-methyl/N-ethyl adjacent to an activating group) is 1. The second-order valence-corrected chi connectivity index (χ2v) is 15.8. The molecule has 226 valence electrons. The molecule has 0 aromatic heterocycles. The molecule has 2 heterocycles. The van der Waals surface area contributed by atoms with Gasteiger partial charge in [-0.05, 0) is 113 Å². The molecule has 6 fully saturated rings. The van der Waals surface area contributed by atoms with Crippen LogP contribution in [0.4, 0.5) is 0 Å². The monoisotopic (exact) mass is 557 g/mol. The van der Waals surface area contributed by atoms with Crippen molar-refractivity contribution < 1.29 is 23.5 Å². The summed E-state index contributed by atoms with van der Waals surface area (Å²) in [6.07, 6.45) is 16.3. The Hall–Kier alpha value is -1.14. The third-order valence-corrected chi connectivity index (χ3v) is 13.7. The Bertz CT molecular complexity index is 958. The number of esters is 2. The zero-order valence-corrected chi connectivity index (χ0v) is 26.2. The van der Waals surface area contributed by atoms with E-state index in [9.17, 15) is 9.59 Å². The average molecular weight is 558 g/mol. The molecule has 2 saturated heterocycles. The summed E-state index contributed by atoms with van der Waals surface area (Å²) in [6, 6.07) is 0.796. The van der Waals surface area contributed by atoms with Crippen LogP contribution < -0.4 is 0 Å². The fourth-order valence-electron chi connectivity index (χ4n) is 11.7. The van der Waals surface area contributed by atoms with Crippen LogP contribution in [-0.4, -0.2) is 78.8 Å². The van der Waals surface area contributed by atoms with E-state index >= 15 is 0 Å². The summed E-state index contributed by atoms with van der Waals surface area (Å²) in [5.74, 6) is 2.50. The van der Waals surface area contributed by atoms with E-state index in [0.29, 0.717) is 35.3 Å². The maximum Gasteiger partial charge on any atom is 0.303 e. The van der Waals surface area contributed by atoms with E-state index in [1.807, 2.05) is 0 Å². The zero-order chi connectivity index (χ0) is 28.3. The smallest absolute Gasteiger partial charge is 0.303 e. The molecule has 2 aliphatic heterocycles. The van der Waals surface area contributed by atoms with Gasteiger partial charge in [0.2, 0.25) is 0 Å². The van der Waals surface area contributed by atoms with Gasteiger partial charge in [0.25, 0.3) is 0 Å². The predicted molar refractivity (Wildman–Crippen MR) is 156 cm³/mol. The molecule has 0 aromatic carbocycles. The molecular formula is C34H57N2O4+. The van der Waals surface area contributed by atoms with Crippen molar-refractivity contribution in [1.29, 1.82) is 0 Å². The summed E-state index contributed by atoms with van der Waals surface area (Å²) in [7, 11) is 2.47. The highest BCUT2D eigenvalue weighted by molar-refractivity contribution is 5.66. The van der Waals surface area contributed by atoms with Crippen LogP contribution in [-0.2, 0) is 19.1 Å². The summed E-state index contributed by atoms with van der Waals surface area (Å²) < 4.78 is 13.5. The first-order valence-corrected chi connectivity index (χ1v) is 17.0. The summed E-state index contributed by atoms with van der Waals surface area (Å²) in [6.45, 7) is 13.1. The van der Waals surface area contributed by atoms with Gasteiger partial charge in [0.1, 0.15) is 12.1 Å². The Labute approximate surface area is 243 Å². The molecule has 0 N–H and O–H groups in total. The first-order chi connectivity index (χ1) is 19.0. The Kier molecular flexibility index (Phi) is 7.85. The lowest BCUT2D eigenvalue weighted by Gasteiger charge is -2.62. The van der Waals surface area contributed by atoms with Crippen molar-refractivity contribution in [2.45, 2.75) is 135 Å². The molecule has 4 aliphatic carbocycles. The quantitative estimate of drug-likeness (QED) is 0.315. The van der Waals surface area contributed by atoms with Crippen LogP contribution in [0.3, 0.4) is 0 Å². The average Bonchev–Trinajstić information content (AvgIpc) is 3.21. The number of carbonyl (C=O) groups is 2. The minimum atomic E-state index is -0.111. The second kappa shape index (κ2) is 10.8. The maximum atomic E-state index is 12.5. The summed E-state index contributed by atoms with van der Waals surface area (Å²) in [5.41, 5.74) is 0.377. The highest BCUT2D eigenvalue weighted by atomic mass is 16.5. The number of piperidine rings is 2. The highest BCUT2D eigenvalue weighted by Gasteiger charge is 2.67. The number of ether oxygens (including phenoxy) is 2. The number of hydrogen-bond donors (Lipinski definition) is 0. The largest absolute Gasteiger partial charge is 0.461 e. The molecule has 0 unspecified atom stereocenters. The zero-order valence-electron chi connectivity index (χ0n) is 26.2. The molecule has 0 radical (unpaired) electrons. The van der Waals surface area contributed by atoms with Crippen molar-refractivity contribution in [3.63, 3.8) is 0 Å². The molecule has 6 heteroatoms. The minimum Gasteiger partial charge on any atom is -0.461 e. The fourth-order valence-corrected chi connectivity index (χ4v) is 11.7. The van der Waals surface area contributed by atoms with Gasteiger partial charge in [0, 0.05) is 31.7 Å². The number of rotatable bonds is 4.